The Labute approximate surface area is 94.7 Å². The van der Waals surface area contributed by atoms with Gasteiger partial charge in [0.05, 0.1) is 5.02 Å². The van der Waals surface area contributed by atoms with Crippen molar-refractivity contribution in [2.24, 2.45) is 5.92 Å². The summed E-state index contributed by atoms with van der Waals surface area (Å²) in [6.45, 7) is 6.58. The zero-order valence-corrected chi connectivity index (χ0v) is 9.97. The smallest absolute Gasteiger partial charge is 0.138 e. The molecule has 15 heavy (non-hydrogen) atoms. The number of fused-ring (bicyclic) bond motifs is 1. The van der Waals surface area contributed by atoms with E-state index in [-0.39, 0.29) is 0 Å². The Morgan fingerprint density at radius 2 is 2.07 bits per heavy atom. The van der Waals surface area contributed by atoms with Crippen LogP contribution < -0.4 is 0 Å². The van der Waals surface area contributed by atoms with E-state index < -0.39 is 0 Å². The second-order valence-electron chi connectivity index (χ2n) is 4.30. The van der Waals surface area contributed by atoms with Gasteiger partial charge in [0.15, 0.2) is 0 Å². The average molecular weight is 223 g/mol. The zero-order chi connectivity index (χ0) is 11.0. The molecule has 0 radical (unpaired) electrons. The molecule has 0 aliphatic rings. The van der Waals surface area contributed by atoms with Crippen molar-refractivity contribution in [3.05, 3.63) is 29.0 Å². The quantitative estimate of drug-likeness (QED) is 0.818. The van der Waals surface area contributed by atoms with Crippen LogP contribution in [-0.2, 0) is 0 Å². The number of hydrogen-bond acceptors (Lipinski definition) is 1. The maximum atomic E-state index is 6.36. The van der Waals surface area contributed by atoms with Crippen LogP contribution in [0.25, 0.3) is 11.0 Å². The molecule has 3 heteroatoms. The predicted molar refractivity (Wildman–Crippen MR) is 64.4 cm³/mol. The van der Waals surface area contributed by atoms with Gasteiger partial charge in [-0.25, -0.2) is 4.98 Å². The molecule has 0 aliphatic heterocycles. The minimum atomic E-state index is 0.435. The van der Waals surface area contributed by atoms with E-state index >= 15 is 0 Å². The summed E-state index contributed by atoms with van der Waals surface area (Å²) in [6.07, 6.45) is 3.75. The molecule has 80 valence electrons. The fourth-order valence-corrected chi connectivity index (χ4v) is 2.04. The third-order valence-electron chi connectivity index (χ3n) is 3.04. The van der Waals surface area contributed by atoms with Crippen LogP contribution in [0.3, 0.4) is 0 Å². The zero-order valence-electron chi connectivity index (χ0n) is 9.21. The van der Waals surface area contributed by atoms with Gasteiger partial charge in [-0.05, 0) is 23.5 Å². The number of halogens is 1. The molecular formula is C12H15ClN2. The van der Waals surface area contributed by atoms with Gasteiger partial charge in [0, 0.05) is 17.8 Å². The Kier molecular flexibility index (Phi) is 2.70. The Hall–Kier alpha value is -1.02. The fraction of sp³-hybridized carbons (Fsp3) is 0.417. The van der Waals surface area contributed by atoms with Crippen LogP contribution in [0.2, 0.25) is 5.02 Å². The lowest BCUT2D eigenvalue weighted by molar-refractivity contribution is 0.534. The minimum Gasteiger partial charge on any atom is -0.346 e. The molecule has 2 aromatic rings. The normalized spacial score (nSPS) is 13.7. The maximum absolute atomic E-state index is 6.36. The van der Waals surface area contributed by atoms with Crippen LogP contribution in [0.1, 0.15) is 32.3 Å². The summed E-state index contributed by atoms with van der Waals surface area (Å²) in [5, 5.41) is 1.85. The summed E-state index contributed by atoms with van der Waals surface area (Å²) in [4.78, 5) is 7.43. The summed E-state index contributed by atoms with van der Waals surface area (Å²) in [6, 6.07) is 1.97. The van der Waals surface area contributed by atoms with Crippen LogP contribution in [0.5, 0.6) is 0 Å². The van der Waals surface area contributed by atoms with Crippen molar-refractivity contribution in [3.63, 3.8) is 0 Å². The van der Waals surface area contributed by atoms with Gasteiger partial charge >= 0.3 is 0 Å². The topological polar surface area (TPSA) is 28.7 Å². The standard InChI is InChI=1S/C12H15ClN2/c1-7(2)8(3)10-6-15-12-9(11(10)13)4-5-14-12/h4-8H,1-3H3,(H,14,15). The Bertz CT molecular complexity index is 473. The van der Waals surface area contributed by atoms with Crippen LogP contribution in [0.15, 0.2) is 18.5 Å². The predicted octanol–water partition coefficient (Wildman–Crippen LogP) is 3.98. The van der Waals surface area contributed by atoms with E-state index in [1.807, 2.05) is 18.5 Å². The molecule has 0 amide bonds. The molecule has 1 unspecified atom stereocenters. The second kappa shape index (κ2) is 3.86. The van der Waals surface area contributed by atoms with Gasteiger partial charge in [0.25, 0.3) is 0 Å². The molecule has 0 aromatic carbocycles. The first-order valence-corrected chi connectivity index (χ1v) is 5.60. The molecule has 0 bridgehead atoms. The summed E-state index contributed by atoms with van der Waals surface area (Å²) < 4.78 is 0. The van der Waals surface area contributed by atoms with E-state index in [9.17, 15) is 0 Å². The van der Waals surface area contributed by atoms with Crippen molar-refractivity contribution < 1.29 is 0 Å². The highest BCUT2D eigenvalue weighted by Gasteiger charge is 2.16. The molecule has 2 aromatic heterocycles. The third-order valence-corrected chi connectivity index (χ3v) is 3.46. The Morgan fingerprint density at radius 3 is 2.73 bits per heavy atom. The van der Waals surface area contributed by atoms with Gasteiger partial charge in [-0.15, -0.1) is 0 Å². The maximum Gasteiger partial charge on any atom is 0.138 e. The molecular weight excluding hydrogens is 208 g/mol. The van der Waals surface area contributed by atoms with E-state index in [2.05, 4.69) is 30.7 Å². The molecule has 1 N–H and O–H groups in total. The van der Waals surface area contributed by atoms with Crippen molar-refractivity contribution in [1.29, 1.82) is 0 Å². The molecule has 0 aliphatic carbocycles. The molecule has 0 saturated carbocycles. The monoisotopic (exact) mass is 222 g/mol. The van der Waals surface area contributed by atoms with Gasteiger partial charge < -0.3 is 4.98 Å². The number of rotatable bonds is 2. The van der Waals surface area contributed by atoms with E-state index in [1.165, 1.54) is 0 Å². The van der Waals surface area contributed by atoms with E-state index in [1.54, 1.807) is 0 Å². The fourth-order valence-electron chi connectivity index (χ4n) is 1.67. The first-order chi connectivity index (χ1) is 7.11. The Morgan fingerprint density at radius 1 is 1.33 bits per heavy atom. The highest BCUT2D eigenvalue weighted by Crippen LogP contribution is 2.33. The minimum absolute atomic E-state index is 0.435. The molecule has 0 spiro atoms. The van der Waals surface area contributed by atoms with Crippen LogP contribution in [0, 0.1) is 5.92 Å². The Balaban J connectivity index is 2.57. The molecule has 2 nitrogen and oxygen atoms in total. The van der Waals surface area contributed by atoms with Gasteiger partial charge in [0.2, 0.25) is 0 Å². The van der Waals surface area contributed by atoms with Crippen molar-refractivity contribution in [2.45, 2.75) is 26.7 Å². The number of pyridine rings is 1. The van der Waals surface area contributed by atoms with E-state index in [0.717, 1.165) is 21.6 Å². The van der Waals surface area contributed by atoms with Gasteiger partial charge in [-0.3, -0.25) is 0 Å². The first kappa shape index (κ1) is 10.5. The lowest BCUT2D eigenvalue weighted by atomic mass is 9.91. The van der Waals surface area contributed by atoms with Crippen molar-refractivity contribution >= 4 is 22.6 Å². The molecule has 1 atom stereocenters. The highest BCUT2D eigenvalue weighted by molar-refractivity contribution is 6.36. The number of nitrogens with zero attached hydrogens (tertiary/aromatic N) is 1. The largest absolute Gasteiger partial charge is 0.346 e. The highest BCUT2D eigenvalue weighted by atomic mass is 35.5. The second-order valence-corrected chi connectivity index (χ2v) is 4.68. The van der Waals surface area contributed by atoms with Crippen molar-refractivity contribution in [3.8, 4) is 0 Å². The van der Waals surface area contributed by atoms with Gasteiger partial charge in [-0.1, -0.05) is 32.4 Å². The molecule has 2 rings (SSSR count). The summed E-state index contributed by atoms with van der Waals surface area (Å²) in [5.74, 6) is 1.00. The number of H-pyrrole nitrogens is 1. The summed E-state index contributed by atoms with van der Waals surface area (Å²) >= 11 is 6.36. The van der Waals surface area contributed by atoms with Crippen molar-refractivity contribution in [2.75, 3.05) is 0 Å². The van der Waals surface area contributed by atoms with Gasteiger partial charge in [0.1, 0.15) is 5.65 Å². The molecule has 2 heterocycles. The summed E-state index contributed by atoms with van der Waals surface area (Å²) in [7, 11) is 0. The van der Waals surface area contributed by atoms with Crippen LogP contribution >= 0.6 is 11.6 Å². The molecule has 0 fully saturated rings. The molecule has 0 saturated heterocycles. The van der Waals surface area contributed by atoms with E-state index in [0.29, 0.717) is 11.8 Å². The first-order valence-electron chi connectivity index (χ1n) is 5.22. The van der Waals surface area contributed by atoms with E-state index in [4.69, 9.17) is 11.6 Å². The third kappa shape index (κ3) is 1.74. The SMILES string of the molecule is CC(C)C(C)c1cnc2[nH]ccc2c1Cl. The lowest BCUT2D eigenvalue weighted by Crippen LogP contribution is -2.03. The van der Waals surface area contributed by atoms with Crippen LogP contribution in [0.4, 0.5) is 0 Å². The van der Waals surface area contributed by atoms with Gasteiger partial charge in [-0.2, -0.15) is 0 Å². The lowest BCUT2D eigenvalue weighted by Gasteiger charge is -2.17. The number of nitrogens with one attached hydrogen (secondary N) is 1. The summed E-state index contributed by atoms with van der Waals surface area (Å²) in [5.41, 5.74) is 2.00. The number of aromatic amines is 1. The average Bonchev–Trinajstić information content (AvgIpc) is 2.66. The number of aromatic nitrogens is 2. The van der Waals surface area contributed by atoms with Crippen LogP contribution in [-0.4, -0.2) is 9.97 Å². The number of hydrogen-bond donors (Lipinski definition) is 1. The van der Waals surface area contributed by atoms with Crippen molar-refractivity contribution in [1.82, 2.24) is 9.97 Å².